The van der Waals surface area contributed by atoms with Crippen LogP contribution >= 0.6 is 0 Å². The molecule has 1 aliphatic heterocycles. The highest BCUT2D eigenvalue weighted by molar-refractivity contribution is 5.91. The van der Waals surface area contributed by atoms with E-state index in [4.69, 9.17) is 9.47 Å². The first-order valence-electron chi connectivity index (χ1n) is 7.75. The number of hydrogen-bond acceptors (Lipinski definition) is 5. The van der Waals surface area contributed by atoms with Crippen LogP contribution in [0.3, 0.4) is 0 Å². The molecule has 2 heterocycles. The maximum absolute atomic E-state index is 12.0. The average Bonchev–Trinajstić information content (AvgIpc) is 2.96. The fraction of sp³-hybridized carbons (Fsp3) is 0.562. The van der Waals surface area contributed by atoms with Gasteiger partial charge in [0.1, 0.15) is 24.8 Å². The molecule has 1 aromatic rings. The van der Waals surface area contributed by atoms with E-state index in [2.05, 4.69) is 15.3 Å². The van der Waals surface area contributed by atoms with Crippen LogP contribution in [-0.2, 0) is 33.5 Å². The molecule has 6 heteroatoms. The molecule has 6 nitrogen and oxygen atoms in total. The van der Waals surface area contributed by atoms with Crippen molar-refractivity contribution >= 4 is 5.91 Å². The van der Waals surface area contributed by atoms with E-state index >= 15 is 0 Å². The van der Waals surface area contributed by atoms with Gasteiger partial charge in [0, 0.05) is 24.4 Å². The lowest BCUT2D eigenvalue weighted by Gasteiger charge is -2.19. The van der Waals surface area contributed by atoms with Crippen LogP contribution in [0.2, 0.25) is 0 Å². The Morgan fingerprint density at radius 2 is 2.00 bits per heavy atom. The van der Waals surface area contributed by atoms with Crippen molar-refractivity contribution in [3.63, 3.8) is 0 Å². The normalized spacial score (nSPS) is 16.8. The van der Waals surface area contributed by atoms with Gasteiger partial charge >= 0.3 is 0 Å². The quantitative estimate of drug-likeness (QED) is 0.905. The molecule has 1 aliphatic carbocycles. The van der Waals surface area contributed by atoms with E-state index in [0.29, 0.717) is 31.9 Å². The van der Waals surface area contributed by atoms with Gasteiger partial charge in [0.2, 0.25) is 5.76 Å². The van der Waals surface area contributed by atoms with Gasteiger partial charge in [-0.25, -0.2) is 9.97 Å². The molecule has 0 radical (unpaired) electrons. The maximum Gasteiger partial charge on any atom is 0.289 e. The van der Waals surface area contributed by atoms with Gasteiger partial charge in [-0.1, -0.05) is 0 Å². The standard InChI is InChI=1S/C16H21N3O3/c1-10-12-4-3-5-13(12)19-14(18-10)6-7-17-16(20)15-11(2)21-8-9-22-15/h3-9H2,1-2H3,(H,17,20). The highest BCUT2D eigenvalue weighted by atomic mass is 16.6. The molecule has 0 saturated heterocycles. The fourth-order valence-electron chi connectivity index (χ4n) is 2.89. The number of fused-ring (bicyclic) bond motifs is 1. The number of aryl methyl sites for hydroxylation is 2. The molecule has 0 bridgehead atoms. The zero-order chi connectivity index (χ0) is 15.5. The van der Waals surface area contributed by atoms with E-state index in [1.54, 1.807) is 6.92 Å². The van der Waals surface area contributed by atoms with Crippen molar-refractivity contribution in [1.82, 2.24) is 15.3 Å². The summed E-state index contributed by atoms with van der Waals surface area (Å²) < 4.78 is 10.7. The third-order valence-electron chi connectivity index (χ3n) is 3.99. The van der Waals surface area contributed by atoms with Crippen LogP contribution < -0.4 is 5.32 Å². The van der Waals surface area contributed by atoms with E-state index in [-0.39, 0.29) is 11.7 Å². The topological polar surface area (TPSA) is 73.3 Å². The van der Waals surface area contributed by atoms with Gasteiger partial charge in [0.25, 0.3) is 5.91 Å². The summed E-state index contributed by atoms with van der Waals surface area (Å²) in [5.74, 6) is 1.37. The minimum Gasteiger partial charge on any atom is -0.491 e. The van der Waals surface area contributed by atoms with E-state index < -0.39 is 0 Å². The molecular weight excluding hydrogens is 282 g/mol. The molecule has 0 saturated carbocycles. The number of nitrogens with one attached hydrogen (secondary N) is 1. The minimum atomic E-state index is -0.241. The fourth-order valence-corrected chi connectivity index (χ4v) is 2.89. The average molecular weight is 303 g/mol. The second kappa shape index (κ2) is 6.34. The molecule has 3 rings (SSSR count). The van der Waals surface area contributed by atoms with Gasteiger partial charge in [-0.3, -0.25) is 4.79 Å². The lowest BCUT2D eigenvalue weighted by atomic mass is 10.2. The highest BCUT2D eigenvalue weighted by Crippen LogP contribution is 2.22. The number of carbonyl (C=O) groups is 1. The summed E-state index contributed by atoms with van der Waals surface area (Å²) in [7, 11) is 0. The Morgan fingerprint density at radius 1 is 1.18 bits per heavy atom. The summed E-state index contributed by atoms with van der Waals surface area (Å²) in [5, 5.41) is 2.84. The zero-order valence-electron chi connectivity index (χ0n) is 13.1. The number of allylic oxidation sites excluding steroid dienone is 1. The lowest BCUT2D eigenvalue weighted by molar-refractivity contribution is -0.122. The van der Waals surface area contributed by atoms with Crippen molar-refractivity contribution in [3.05, 3.63) is 34.3 Å². The molecule has 0 fully saturated rings. The number of hydrogen-bond donors (Lipinski definition) is 1. The predicted octanol–water partition coefficient (Wildman–Crippen LogP) is 1.21. The lowest BCUT2D eigenvalue weighted by Crippen LogP contribution is -2.31. The Hall–Kier alpha value is -2.11. The van der Waals surface area contributed by atoms with Crippen molar-refractivity contribution in [2.24, 2.45) is 0 Å². The van der Waals surface area contributed by atoms with Gasteiger partial charge in [0.05, 0.1) is 0 Å². The summed E-state index contributed by atoms with van der Waals surface area (Å²) in [5.41, 5.74) is 3.56. The predicted molar refractivity (Wildman–Crippen MR) is 80.1 cm³/mol. The highest BCUT2D eigenvalue weighted by Gasteiger charge is 2.20. The summed E-state index contributed by atoms with van der Waals surface area (Å²) in [4.78, 5) is 21.2. The molecule has 0 aromatic carbocycles. The first-order chi connectivity index (χ1) is 10.6. The number of amides is 1. The number of ether oxygens (including phenoxy) is 2. The number of rotatable bonds is 4. The van der Waals surface area contributed by atoms with E-state index in [9.17, 15) is 4.79 Å². The first kappa shape index (κ1) is 14.8. The minimum absolute atomic E-state index is 0.241. The largest absolute Gasteiger partial charge is 0.491 e. The van der Waals surface area contributed by atoms with Crippen LogP contribution in [-0.4, -0.2) is 35.6 Å². The van der Waals surface area contributed by atoms with Crippen LogP contribution in [0.1, 0.15) is 36.1 Å². The van der Waals surface area contributed by atoms with Crippen LogP contribution in [0.15, 0.2) is 11.5 Å². The van der Waals surface area contributed by atoms with Gasteiger partial charge in [-0.15, -0.1) is 0 Å². The van der Waals surface area contributed by atoms with Crippen LogP contribution in [0, 0.1) is 6.92 Å². The van der Waals surface area contributed by atoms with Gasteiger partial charge < -0.3 is 14.8 Å². The van der Waals surface area contributed by atoms with Crippen molar-refractivity contribution in [2.45, 2.75) is 39.5 Å². The Kier molecular flexibility index (Phi) is 4.27. The zero-order valence-corrected chi connectivity index (χ0v) is 13.1. The van der Waals surface area contributed by atoms with Crippen LogP contribution in [0.25, 0.3) is 0 Å². The molecule has 0 atom stereocenters. The molecule has 118 valence electrons. The molecule has 1 N–H and O–H groups in total. The molecule has 2 aliphatic rings. The smallest absolute Gasteiger partial charge is 0.289 e. The van der Waals surface area contributed by atoms with Gasteiger partial charge in [0.15, 0.2) is 0 Å². The van der Waals surface area contributed by atoms with Crippen LogP contribution in [0.5, 0.6) is 0 Å². The Balaban J connectivity index is 1.57. The molecular formula is C16H21N3O3. The van der Waals surface area contributed by atoms with Crippen molar-refractivity contribution < 1.29 is 14.3 Å². The van der Waals surface area contributed by atoms with E-state index in [1.807, 2.05) is 6.92 Å². The molecule has 1 aromatic heterocycles. The summed E-state index contributed by atoms with van der Waals surface area (Å²) >= 11 is 0. The second-order valence-electron chi connectivity index (χ2n) is 5.59. The number of nitrogens with zero attached hydrogens (tertiary/aromatic N) is 2. The van der Waals surface area contributed by atoms with Crippen molar-refractivity contribution in [3.8, 4) is 0 Å². The molecule has 1 amide bonds. The first-order valence-corrected chi connectivity index (χ1v) is 7.75. The number of aromatic nitrogens is 2. The van der Waals surface area contributed by atoms with E-state index in [1.165, 1.54) is 11.3 Å². The Bertz CT molecular complexity index is 625. The Labute approximate surface area is 129 Å². The second-order valence-corrected chi connectivity index (χ2v) is 5.59. The third-order valence-corrected chi connectivity index (χ3v) is 3.99. The van der Waals surface area contributed by atoms with Gasteiger partial charge in [-0.2, -0.15) is 0 Å². The third kappa shape index (κ3) is 3.05. The molecule has 0 unspecified atom stereocenters. The molecule has 0 spiro atoms. The summed E-state index contributed by atoms with van der Waals surface area (Å²) in [6, 6.07) is 0. The number of carbonyl (C=O) groups excluding carboxylic acids is 1. The molecule has 22 heavy (non-hydrogen) atoms. The van der Waals surface area contributed by atoms with Crippen molar-refractivity contribution in [2.75, 3.05) is 19.8 Å². The van der Waals surface area contributed by atoms with Gasteiger partial charge in [-0.05, 0) is 38.7 Å². The van der Waals surface area contributed by atoms with Crippen molar-refractivity contribution in [1.29, 1.82) is 0 Å². The van der Waals surface area contributed by atoms with Crippen LogP contribution in [0.4, 0.5) is 0 Å². The van der Waals surface area contributed by atoms with E-state index in [0.717, 1.165) is 30.8 Å². The Morgan fingerprint density at radius 3 is 2.82 bits per heavy atom. The SMILES string of the molecule is CC1=C(C(=O)NCCc2nc(C)c3c(n2)CCC3)OCCO1. The summed E-state index contributed by atoms with van der Waals surface area (Å²) in [6.45, 7) is 5.16. The summed E-state index contributed by atoms with van der Waals surface area (Å²) in [6.07, 6.45) is 3.90. The monoisotopic (exact) mass is 303 g/mol. The maximum atomic E-state index is 12.0.